The van der Waals surface area contributed by atoms with Crippen LogP contribution in [0.1, 0.15) is 46.1 Å². The molecule has 0 atom stereocenters. The minimum Gasteiger partial charge on any atom is -0.494 e. The fourth-order valence-corrected chi connectivity index (χ4v) is 6.52. The number of benzene rings is 4. The maximum Gasteiger partial charge on any atom is 0.347 e. The van der Waals surface area contributed by atoms with Crippen molar-refractivity contribution in [3.8, 4) is 40.0 Å². The number of nitrogens with zero attached hydrogens (tertiary/aromatic N) is 5. The van der Waals surface area contributed by atoms with E-state index in [0.717, 1.165) is 71.0 Å². The van der Waals surface area contributed by atoms with Crippen molar-refractivity contribution in [1.29, 1.82) is 0 Å². The Morgan fingerprint density at radius 3 is 1.93 bits per heavy atom. The average Bonchev–Trinajstić information content (AvgIpc) is 3.84. The fourth-order valence-electron chi connectivity index (χ4n) is 6.52. The number of ether oxygens (including phenoxy) is 3. The van der Waals surface area contributed by atoms with Gasteiger partial charge in [-0.1, -0.05) is 0 Å². The number of H-pyrrole nitrogens is 2. The quantitative estimate of drug-likeness (QED) is 0.0413. The Labute approximate surface area is 346 Å². The number of likely N-dealkylation sites (N-methyl/N-ethyl adjacent to an activating group) is 1. The molecule has 2 aromatic heterocycles. The van der Waals surface area contributed by atoms with Crippen molar-refractivity contribution in [3.63, 3.8) is 0 Å². The van der Waals surface area contributed by atoms with Crippen LogP contribution in [0.25, 0.3) is 44.8 Å². The van der Waals surface area contributed by atoms with Gasteiger partial charge in [0, 0.05) is 61.0 Å². The van der Waals surface area contributed by atoms with Gasteiger partial charge in [0.25, 0.3) is 0 Å². The van der Waals surface area contributed by atoms with Crippen molar-refractivity contribution in [1.82, 2.24) is 30.3 Å². The lowest BCUT2D eigenvalue weighted by atomic mass is 10.1. The van der Waals surface area contributed by atoms with E-state index in [-0.39, 0.29) is 23.8 Å². The molecule has 1 aliphatic heterocycles. The Kier molecular flexibility index (Phi) is 11.8. The lowest BCUT2D eigenvalue weighted by molar-refractivity contribution is -0.152. The molecular formula is C44H48N8O8. The van der Waals surface area contributed by atoms with Gasteiger partial charge in [-0.15, -0.1) is 0 Å². The number of aliphatic carboxylic acids is 2. The van der Waals surface area contributed by atoms with Crippen LogP contribution >= 0.6 is 0 Å². The van der Waals surface area contributed by atoms with E-state index in [4.69, 9.17) is 24.2 Å². The highest BCUT2D eigenvalue weighted by molar-refractivity contribution is 5.87. The van der Waals surface area contributed by atoms with Gasteiger partial charge in [-0.05, 0) is 114 Å². The number of fused-ring (bicyclic) bond motifs is 2. The molecule has 6 aromatic rings. The summed E-state index contributed by atoms with van der Waals surface area (Å²) in [4.78, 5) is 57.1. The van der Waals surface area contributed by atoms with Crippen molar-refractivity contribution < 1.29 is 38.8 Å². The Balaban J connectivity index is 0.907. The minimum absolute atomic E-state index is 0.112. The van der Waals surface area contributed by atoms with Crippen LogP contribution in [0.5, 0.6) is 17.2 Å². The van der Waals surface area contributed by atoms with E-state index < -0.39 is 23.1 Å². The van der Waals surface area contributed by atoms with E-state index in [1.54, 1.807) is 0 Å². The fraction of sp³-hybridized carbons (Fsp3) is 0.318. The summed E-state index contributed by atoms with van der Waals surface area (Å²) in [6.45, 7) is 9.91. The third-order valence-electron chi connectivity index (χ3n) is 10.1. The van der Waals surface area contributed by atoms with Crippen LogP contribution in [-0.4, -0.2) is 110 Å². The summed E-state index contributed by atoms with van der Waals surface area (Å²) in [6, 6.07) is 24.4. The van der Waals surface area contributed by atoms with Crippen molar-refractivity contribution in [2.24, 2.45) is 5.10 Å². The van der Waals surface area contributed by atoms with Crippen molar-refractivity contribution in [2.75, 3.05) is 44.7 Å². The van der Waals surface area contributed by atoms with Gasteiger partial charge in [-0.2, -0.15) is 5.10 Å². The number of imidazole rings is 2. The molecular weight excluding hydrogens is 769 g/mol. The maximum atomic E-state index is 12.5. The molecule has 312 valence electrons. The number of piperazine rings is 1. The smallest absolute Gasteiger partial charge is 0.347 e. The number of aromatic amines is 2. The number of carboxylic acid groups (broad SMARTS) is 2. The highest BCUT2D eigenvalue weighted by Crippen LogP contribution is 2.30. The summed E-state index contributed by atoms with van der Waals surface area (Å²) in [5.74, 6) is -0.353. The van der Waals surface area contributed by atoms with E-state index in [2.05, 4.69) is 61.6 Å². The maximum absolute atomic E-state index is 12.5. The first-order chi connectivity index (χ1) is 28.6. The number of carboxylic acids is 2. The Morgan fingerprint density at radius 1 is 0.750 bits per heavy atom. The Morgan fingerprint density at radius 2 is 1.32 bits per heavy atom. The van der Waals surface area contributed by atoms with Gasteiger partial charge < -0.3 is 44.2 Å². The third kappa shape index (κ3) is 9.84. The number of hydrogen-bond donors (Lipinski definition) is 5. The lowest BCUT2D eigenvalue weighted by Gasteiger charge is -2.34. The highest BCUT2D eigenvalue weighted by Gasteiger charge is 2.32. The van der Waals surface area contributed by atoms with E-state index in [1.165, 1.54) is 57.8 Å². The zero-order chi connectivity index (χ0) is 42.6. The van der Waals surface area contributed by atoms with Crippen LogP contribution in [0.4, 0.5) is 5.69 Å². The predicted molar refractivity (Wildman–Crippen MR) is 228 cm³/mol. The number of carbonyl (C=O) groups excluding carboxylic acids is 1. The first kappa shape index (κ1) is 41.2. The monoisotopic (exact) mass is 816 g/mol. The third-order valence-corrected chi connectivity index (χ3v) is 10.1. The van der Waals surface area contributed by atoms with Crippen LogP contribution in [-0.2, 0) is 14.4 Å². The van der Waals surface area contributed by atoms with E-state index in [1.807, 2.05) is 36.4 Å². The summed E-state index contributed by atoms with van der Waals surface area (Å²) in [7, 11) is 2.16. The zero-order valence-electron chi connectivity index (χ0n) is 34.1. The van der Waals surface area contributed by atoms with E-state index in [9.17, 15) is 24.6 Å². The minimum atomic E-state index is -1.58. The Hall–Kier alpha value is -6.94. The van der Waals surface area contributed by atoms with E-state index >= 15 is 0 Å². The number of nitrogens with one attached hydrogen (secondary N) is 3. The number of hydrazone groups is 1. The van der Waals surface area contributed by atoms with Gasteiger partial charge in [-0.25, -0.2) is 25.0 Å². The predicted octanol–water partition coefficient (Wildman–Crippen LogP) is 6.32. The molecule has 16 heteroatoms. The van der Waals surface area contributed by atoms with Crippen molar-refractivity contribution >= 4 is 51.8 Å². The summed E-state index contributed by atoms with van der Waals surface area (Å²) in [5.41, 5.74) is 6.39. The number of hydrogen-bond acceptors (Lipinski definition) is 11. The number of rotatable bonds is 16. The molecule has 0 unspecified atom stereocenters. The molecule has 0 bridgehead atoms. The molecule has 3 heterocycles. The van der Waals surface area contributed by atoms with Crippen LogP contribution in [0.3, 0.4) is 0 Å². The number of amides is 1. The molecule has 4 aromatic carbocycles. The second kappa shape index (κ2) is 17.1. The average molecular weight is 817 g/mol. The molecule has 1 saturated heterocycles. The second-order valence-electron chi connectivity index (χ2n) is 15.7. The molecule has 16 nitrogen and oxygen atoms in total. The van der Waals surface area contributed by atoms with Crippen LogP contribution in [0.15, 0.2) is 84.0 Å². The lowest BCUT2D eigenvalue weighted by Crippen LogP contribution is -2.44. The first-order valence-corrected chi connectivity index (χ1v) is 19.6. The first-order valence-electron chi connectivity index (χ1n) is 19.6. The number of anilines is 1. The van der Waals surface area contributed by atoms with Gasteiger partial charge in [-0.3, -0.25) is 4.79 Å². The Bertz CT molecular complexity index is 2510. The van der Waals surface area contributed by atoms with Crippen LogP contribution in [0.2, 0.25) is 0 Å². The van der Waals surface area contributed by atoms with Gasteiger partial charge in [0.15, 0.2) is 11.2 Å². The SMILES string of the molecule is CN1CCN(c2ccc3nc(-c4ccc5nc(-c6ccc(OCCCC(=O)N/N=C/c7cc(OC(C)(C)C(=O)O)cc(OC(C)(C)C(=O)O)c7)cc6)[nH]c5c4)[nH]c3c2)CC1. The van der Waals surface area contributed by atoms with Gasteiger partial charge in [0.1, 0.15) is 28.9 Å². The molecule has 7 rings (SSSR count). The molecule has 1 fully saturated rings. The molecule has 0 radical (unpaired) electrons. The van der Waals surface area contributed by atoms with Gasteiger partial charge >= 0.3 is 11.9 Å². The summed E-state index contributed by atoms with van der Waals surface area (Å²) in [5, 5.41) is 23.0. The van der Waals surface area contributed by atoms with Gasteiger partial charge in [0.05, 0.1) is 34.9 Å². The molecule has 5 N–H and O–H groups in total. The zero-order valence-corrected chi connectivity index (χ0v) is 34.1. The van der Waals surface area contributed by atoms with Crippen LogP contribution in [0, 0.1) is 0 Å². The molecule has 60 heavy (non-hydrogen) atoms. The molecule has 0 aliphatic carbocycles. The van der Waals surface area contributed by atoms with Crippen molar-refractivity contribution in [3.05, 3.63) is 84.4 Å². The highest BCUT2D eigenvalue weighted by atomic mass is 16.5. The van der Waals surface area contributed by atoms with Crippen molar-refractivity contribution in [2.45, 2.75) is 51.7 Å². The molecule has 0 saturated carbocycles. The summed E-state index contributed by atoms with van der Waals surface area (Å²) >= 11 is 0. The summed E-state index contributed by atoms with van der Waals surface area (Å²) < 4.78 is 17.1. The molecule has 0 spiro atoms. The van der Waals surface area contributed by atoms with Gasteiger partial charge in [0.2, 0.25) is 5.91 Å². The largest absolute Gasteiger partial charge is 0.494 e. The standard InChI is InChI=1S/C44H48N8O8/c1-43(2,41(54)55)59-32-21-27(22-33(25-32)60-44(3,4)42(56)57)26-45-50-38(53)7-6-20-58-31-12-8-28(9-13-31)39-46-34-14-10-29(23-36(34)48-39)40-47-35-15-11-30(24-37(35)49-40)52-18-16-51(5)17-19-52/h8-15,21-26H,6-7,16-20H2,1-5H3,(H,46,48)(H,47,49)(H,50,53)(H,54,55)(H,56,57)/b45-26+. The summed E-state index contributed by atoms with van der Waals surface area (Å²) in [6.07, 6.45) is 1.88. The number of aromatic nitrogens is 4. The molecule has 1 aliphatic rings. The van der Waals surface area contributed by atoms with Crippen LogP contribution < -0.4 is 24.5 Å². The normalized spacial score (nSPS) is 13.8. The van der Waals surface area contributed by atoms with E-state index in [0.29, 0.717) is 24.3 Å². The molecule has 1 amide bonds. The number of carbonyl (C=O) groups is 3. The topological polar surface area (TPSA) is 208 Å². The second-order valence-corrected chi connectivity index (χ2v) is 15.7.